The fourth-order valence-corrected chi connectivity index (χ4v) is 2.66. The Labute approximate surface area is 158 Å². The van der Waals surface area contributed by atoms with Crippen LogP contribution in [-0.4, -0.2) is 36.9 Å². The van der Waals surface area contributed by atoms with Gasteiger partial charge in [-0.05, 0) is 48.7 Å². The molecule has 0 saturated carbocycles. The molecule has 2 aromatic carbocycles. The Morgan fingerprint density at radius 2 is 1.96 bits per heavy atom. The minimum absolute atomic E-state index is 0.00913. The van der Waals surface area contributed by atoms with Crippen LogP contribution in [0.3, 0.4) is 0 Å². The molecule has 2 rings (SSSR count). The second kappa shape index (κ2) is 9.25. The van der Waals surface area contributed by atoms with E-state index in [2.05, 4.69) is 5.32 Å². The van der Waals surface area contributed by atoms with Crippen molar-refractivity contribution in [3.05, 3.63) is 58.6 Å². The maximum absolute atomic E-state index is 12.3. The molecule has 0 unspecified atom stereocenters. The largest absolute Gasteiger partial charge is 0.497 e. The molecule has 0 atom stereocenters. The SMILES string of the molecule is COc1cccc(CCN(CC(=O)Nc2ccc(C)c(Cl)c2)C(C)=O)c1. The molecule has 6 heteroatoms. The third-order valence-electron chi connectivity index (χ3n) is 4.04. The molecule has 0 radical (unpaired) electrons. The summed E-state index contributed by atoms with van der Waals surface area (Å²) in [6.45, 7) is 3.79. The van der Waals surface area contributed by atoms with Gasteiger partial charge in [-0.25, -0.2) is 0 Å². The van der Waals surface area contributed by atoms with Crippen molar-refractivity contribution in [1.82, 2.24) is 4.90 Å². The van der Waals surface area contributed by atoms with Crippen LogP contribution in [0.5, 0.6) is 5.75 Å². The first-order chi connectivity index (χ1) is 12.4. The highest BCUT2D eigenvalue weighted by atomic mass is 35.5. The van der Waals surface area contributed by atoms with E-state index < -0.39 is 0 Å². The summed E-state index contributed by atoms with van der Waals surface area (Å²) in [7, 11) is 1.61. The van der Waals surface area contributed by atoms with Gasteiger partial charge < -0.3 is 15.0 Å². The van der Waals surface area contributed by atoms with Crippen LogP contribution < -0.4 is 10.1 Å². The quantitative estimate of drug-likeness (QED) is 0.804. The number of halogens is 1. The molecule has 2 amide bonds. The number of anilines is 1. The van der Waals surface area contributed by atoms with Crippen molar-refractivity contribution in [2.45, 2.75) is 20.3 Å². The summed E-state index contributed by atoms with van der Waals surface area (Å²) in [6.07, 6.45) is 0.639. The molecule has 0 aliphatic heterocycles. The number of methoxy groups -OCH3 is 1. The summed E-state index contributed by atoms with van der Waals surface area (Å²) in [5, 5.41) is 3.36. The number of ether oxygens (including phenoxy) is 1. The number of hydrogen-bond acceptors (Lipinski definition) is 3. The van der Waals surface area contributed by atoms with Crippen LogP contribution in [0, 0.1) is 6.92 Å². The van der Waals surface area contributed by atoms with Crippen LogP contribution in [0.2, 0.25) is 5.02 Å². The van der Waals surface area contributed by atoms with Crippen molar-refractivity contribution in [2.24, 2.45) is 0 Å². The van der Waals surface area contributed by atoms with Crippen LogP contribution in [0.4, 0.5) is 5.69 Å². The van der Waals surface area contributed by atoms with Crippen LogP contribution in [-0.2, 0) is 16.0 Å². The minimum Gasteiger partial charge on any atom is -0.497 e. The van der Waals surface area contributed by atoms with Gasteiger partial charge in [-0.2, -0.15) is 0 Å². The molecule has 26 heavy (non-hydrogen) atoms. The zero-order chi connectivity index (χ0) is 19.1. The van der Waals surface area contributed by atoms with Crippen LogP contribution >= 0.6 is 11.6 Å². The number of hydrogen-bond donors (Lipinski definition) is 1. The lowest BCUT2D eigenvalue weighted by Crippen LogP contribution is -2.38. The molecule has 0 saturated heterocycles. The normalized spacial score (nSPS) is 10.3. The summed E-state index contributed by atoms with van der Waals surface area (Å²) >= 11 is 6.07. The first kappa shape index (κ1) is 19.8. The average molecular weight is 375 g/mol. The summed E-state index contributed by atoms with van der Waals surface area (Å²) in [4.78, 5) is 25.7. The Kier molecular flexibility index (Phi) is 7.04. The van der Waals surface area contributed by atoms with E-state index in [0.717, 1.165) is 16.9 Å². The number of benzene rings is 2. The summed E-state index contributed by atoms with van der Waals surface area (Å²) in [5.41, 5.74) is 2.59. The lowest BCUT2D eigenvalue weighted by molar-refractivity contribution is -0.132. The molecule has 0 spiro atoms. The molecule has 138 valence electrons. The van der Waals surface area contributed by atoms with Gasteiger partial charge in [-0.3, -0.25) is 9.59 Å². The predicted octanol–water partition coefficient (Wildman–Crippen LogP) is 3.69. The van der Waals surface area contributed by atoms with E-state index >= 15 is 0 Å². The van der Waals surface area contributed by atoms with Gasteiger partial charge in [0.15, 0.2) is 0 Å². The first-order valence-electron chi connectivity index (χ1n) is 8.33. The van der Waals surface area contributed by atoms with E-state index in [-0.39, 0.29) is 18.4 Å². The molecule has 2 aromatic rings. The zero-order valence-electron chi connectivity index (χ0n) is 15.2. The number of nitrogens with zero attached hydrogens (tertiary/aromatic N) is 1. The zero-order valence-corrected chi connectivity index (χ0v) is 16.0. The second-order valence-corrected chi connectivity index (χ2v) is 6.46. The molecular formula is C20H23ClN2O3. The smallest absolute Gasteiger partial charge is 0.243 e. The van der Waals surface area contributed by atoms with Crippen molar-refractivity contribution >= 4 is 29.1 Å². The van der Waals surface area contributed by atoms with Gasteiger partial charge in [-0.15, -0.1) is 0 Å². The Morgan fingerprint density at radius 3 is 2.62 bits per heavy atom. The van der Waals surface area contributed by atoms with E-state index in [1.165, 1.54) is 11.8 Å². The Balaban J connectivity index is 1.95. The van der Waals surface area contributed by atoms with Crippen LogP contribution in [0.15, 0.2) is 42.5 Å². The number of amides is 2. The number of nitrogens with one attached hydrogen (secondary N) is 1. The van der Waals surface area contributed by atoms with E-state index in [1.54, 1.807) is 19.2 Å². The van der Waals surface area contributed by atoms with Gasteiger partial charge in [0.25, 0.3) is 0 Å². The second-order valence-electron chi connectivity index (χ2n) is 6.05. The van der Waals surface area contributed by atoms with E-state index in [4.69, 9.17) is 16.3 Å². The maximum atomic E-state index is 12.3. The average Bonchev–Trinajstić information content (AvgIpc) is 2.61. The molecule has 0 heterocycles. The number of rotatable bonds is 7. The summed E-state index contributed by atoms with van der Waals surface area (Å²) in [5.74, 6) is 0.363. The minimum atomic E-state index is -0.259. The molecule has 0 aliphatic carbocycles. The van der Waals surface area contributed by atoms with Crippen molar-refractivity contribution in [2.75, 3.05) is 25.5 Å². The highest BCUT2D eigenvalue weighted by Crippen LogP contribution is 2.20. The lowest BCUT2D eigenvalue weighted by atomic mass is 10.1. The van der Waals surface area contributed by atoms with Gasteiger partial charge in [0.05, 0.1) is 13.7 Å². The lowest BCUT2D eigenvalue weighted by Gasteiger charge is -2.21. The predicted molar refractivity (Wildman–Crippen MR) is 104 cm³/mol. The third kappa shape index (κ3) is 5.77. The fraction of sp³-hybridized carbons (Fsp3) is 0.300. The van der Waals surface area contributed by atoms with Crippen molar-refractivity contribution in [3.63, 3.8) is 0 Å². The number of aryl methyl sites for hydroxylation is 1. The van der Waals surface area contributed by atoms with Gasteiger partial charge in [0, 0.05) is 24.2 Å². The molecule has 0 bridgehead atoms. The van der Waals surface area contributed by atoms with E-state index in [9.17, 15) is 9.59 Å². The number of carbonyl (C=O) groups excluding carboxylic acids is 2. The third-order valence-corrected chi connectivity index (χ3v) is 4.45. The highest BCUT2D eigenvalue weighted by Gasteiger charge is 2.14. The van der Waals surface area contributed by atoms with E-state index in [0.29, 0.717) is 23.7 Å². The number of carbonyl (C=O) groups is 2. The molecule has 0 aliphatic rings. The first-order valence-corrected chi connectivity index (χ1v) is 8.71. The van der Waals surface area contributed by atoms with Gasteiger partial charge in [-0.1, -0.05) is 29.8 Å². The van der Waals surface area contributed by atoms with Crippen molar-refractivity contribution < 1.29 is 14.3 Å². The monoisotopic (exact) mass is 374 g/mol. The Hall–Kier alpha value is -2.53. The van der Waals surface area contributed by atoms with Crippen molar-refractivity contribution in [1.29, 1.82) is 0 Å². The van der Waals surface area contributed by atoms with Crippen molar-refractivity contribution in [3.8, 4) is 5.75 Å². The standard InChI is InChI=1S/C20H23ClN2O3/c1-14-7-8-17(12-19(14)21)22-20(25)13-23(15(2)24)10-9-16-5-4-6-18(11-16)26-3/h4-8,11-12H,9-10,13H2,1-3H3,(H,22,25). The molecule has 0 aromatic heterocycles. The Bertz CT molecular complexity index is 792. The van der Waals surface area contributed by atoms with Gasteiger partial charge >= 0.3 is 0 Å². The van der Waals surface area contributed by atoms with Crippen LogP contribution in [0.1, 0.15) is 18.1 Å². The Morgan fingerprint density at radius 1 is 1.19 bits per heavy atom. The molecule has 0 fully saturated rings. The van der Waals surface area contributed by atoms with Crippen LogP contribution in [0.25, 0.3) is 0 Å². The topological polar surface area (TPSA) is 58.6 Å². The highest BCUT2D eigenvalue weighted by molar-refractivity contribution is 6.31. The van der Waals surface area contributed by atoms with Gasteiger partial charge in [0.1, 0.15) is 5.75 Å². The fourth-order valence-electron chi connectivity index (χ4n) is 2.48. The molecule has 1 N–H and O–H groups in total. The van der Waals surface area contributed by atoms with E-state index in [1.807, 2.05) is 37.3 Å². The van der Waals surface area contributed by atoms with Gasteiger partial charge in [0.2, 0.25) is 11.8 Å². The molecule has 5 nitrogen and oxygen atoms in total. The summed E-state index contributed by atoms with van der Waals surface area (Å²) < 4.78 is 5.20. The summed E-state index contributed by atoms with van der Waals surface area (Å²) in [6, 6.07) is 13.0. The molecular weight excluding hydrogens is 352 g/mol. The maximum Gasteiger partial charge on any atom is 0.243 e.